The molecule has 0 atom stereocenters. The van der Waals surface area contributed by atoms with E-state index in [-0.39, 0.29) is 5.78 Å². The molecule has 0 fully saturated rings. The van der Waals surface area contributed by atoms with Gasteiger partial charge < -0.3 is 9.64 Å². The molecule has 0 aromatic heterocycles. The van der Waals surface area contributed by atoms with Gasteiger partial charge in [-0.25, -0.2) is 0 Å². The lowest BCUT2D eigenvalue weighted by atomic mass is 10.2. The molecule has 0 bridgehead atoms. The predicted octanol–water partition coefficient (Wildman–Crippen LogP) is 4.16. The summed E-state index contributed by atoms with van der Waals surface area (Å²) in [5, 5.41) is 2.58. The summed E-state index contributed by atoms with van der Waals surface area (Å²) >= 11 is 1.45. The SMILES string of the molecule is CC1=C2C=CC=CN2/C(=C2\OC(c3ccccc3)=CS2)C1=O. The zero-order valence-electron chi connectivity index (χ0n) is 11.9. The van der Waals surface area contributed by atoms with Crippen molar-refractivity contribution in [2.24, 2.45) is 0 Å². The normalized spacial score (nSPS) is 23.0. The maximum Gasteiger partial charge on any atom is 0.211 e. The summed E-state index contributed by atoms with van der Waals surface area (Å²) < 4.78 is 5.96. The molecule has 3 heterocycles. The second-order valence-corrected chi connectivity index (χ2v) is 5.96. The number of hydrogen-bond acceptors (Lipinski definition) is 4. The summed E-state index contributed by atoms with van der Waals surface area (Å²) in [7, 11) is 0. The Bertz CT molecular complexity index is 813. The Morgan fingerprint density at radius 3 is 2.77 bits per heavy atom. The first kappa shape index (κ1) is 13.2. The zero-order valence-corrected chi connectivity index (χ0v) is 12.8. The van der Waals surface area contributed by atoms with Crippen LogP contribution in [-0.2, 0) is 9.53 Å². The summed E-state index contributed by atoms with van der Waals surface area (Å²) in [6, 6.07) is 9.90. The summed E-state index contributed by atoms with van der Waals surface area (Å²) in [5.74, 6) is 0.806. The van der Waals surface area contributed by atoms with Gasteiger partial charge in [-0.3, -0.25) is 4.79 Å². The van der Waals surface area contributed by atoms with Gasteiger partial charge in [0.25, 0.3) is 0 Å². The van der Waals surface area contributed by atoms with E-state index in [1.54, 1.807) is 0 Å². The monoisotopic (exact) mass is 307 g/mol. The number of hydrogen-bond donors (Lipinski definition) is 0. The van der Waals surface area contributed by atoms with Crippen LogP contribution < -0.4 is 0 Å². The highest BCUT2D eigenvalue weighted by atomic mass is 32.2. The number of thioether (sulfide) groups is 1. The van der Waals surface area contributed by atoms with Crippen molar-refractivity contribution in [2.45, 2.75) is 6.92 Å². The second-order valence-electron chi connectivity index (χ2n) is 5.11. The van der Waals surface area contributed by atoms with Gasteiger partial charge in [0, 0.05) is 22.7 Å². The van der Waals surface area contributed by atoms with E-state index in [0.717, 1.165) is 22.6 Å². The van der Waals surface area contributed by atoms with Crippen LogP contribution in [-0.4, -0.2) is 10.7 Å². The van der Waals surface area contributed by atoms with E-state index in [0.29, 0.717) is 10.8 Å². The molecule has 3 aliphatic heterocycles. The van der Waals surface area contributed by atoms with E-state index in [1.807, 2.05) is 72.0 Å². The molecule has 0 saturated heterocycles. The van der Waals surface area contributed by atoms with Crippen molar-refractivity contribution in [3.8, 4) is 0 Å². The molecule has 1 aromatic rings. The molecule has 0 saturated carbocycles. The van der Waals surface area contributed by atoms with Gasteiger partial charge in [0.05, 0.1) is 5.70 Å². The minimum absolute atomic E-state index is 0.0245. The van der Waals surface area contributed by atoms with Crippen molar-refractivity contribution in [3.63, 3.8) is 0 Å². The Kier molecular flexibility index (Phi) is 3.05. The minimum Gasteiger partial charge on any atom is -0.447 e. The molecule has 0 spiro atoms. The van der Waals surface area contributed by atoms with E-state index < -0.39 is 0 Å². The predicted molar refractivity (Wildman–Crippen MR) is 87.9 cm³/mol. The van der Waals surface area contributed by atoms with Gasteiger partial charge in [-0.2, -0.15) is 0 Å². The lowest BCUT2D eigenvalue weighted by molar-refractivity contribution is -0.112. The average Bonchev–Trinajstić information content (AvgIpc) is 3.13. The molecule has 0 N–H and O–H groups in total. The largest absolute Gasteiger partial charge is 0.447 e. The van der Waals surface area contributed by atoms with Gasteiger partial charge in [-0.15, -0.1) is 0 Å². The lowest BCUT2D eigenvalue weighted by Crippen LogP contribution is -2.16. The summed E-state index contributed by atoms with van der Waals surface area (Å²) in [6.45, 7) is 1.85. The molecule has 3 aliphatic rings. The lowest BCUT2D eigenvalue weighted by Gasteiger charge is -2.20. The maximum absolute atomic E-state index is 12.6. The smallest absolute Gasteiger partial charge is 0.211 e. The van der Waals surface area contributed by atoms with Crippen LogP contribution in [0.3, 0.4) is 0 Å². The van der Waals surface area contributed by atoms with Gasteiger partial charge in [0.2, 0.25) is 5.78 Å². The van der Waals surface area contributed by atoms with Crippen molar-refractivity contribution in [1.82, 2.24) is 4.90 Å². The molecule has 0 radical (unpaired) electrons. The highest BCUT2D eigenvalue weighted by Crippen LogP contribution is 2.43. The number of carbonyl (C=O) groups excluding carboxylic acids is 1. The molecule has 0 aliphatic carbocycles. The Labute approximate surface area is 133 Å². The highest BCUT2D eigenvalue weighted by Gasteiger charge is 2.36. The van der Waals surface area contributed by atoms with Crippen molar-refractivity contribution in [2.75, 3.05) is 0 Å². The Hall–Kier alpha value is -2.46. The third-order valence-corrected chi connectivity index (χ3v) is 4.59. The van der Waals surface area contributed by atoms with Crippen molar-refractivity contribution >= 4 is 23.3 Å². The fraction of sp³-hybridized carbons (Fsp3) is 0.0556. The van der Waals surface area contributed by atoms with Crippen LogP contribution in [0.1, 0.15) is 12.5 Å². The summed E-state index contributed by atoms with van der Waals surface area (Å²) in [6.07, 6.45) is 7.70. The number of allylic oxidation sites excluding steroid dienone is 4. The fourth-order valence-electron chi connectivity index (χ4n) is 2.63. The Balaban J connectivity index is 1.69. The molecule has 1 aromatic carbocycles. The van der Waals surface area contributed by atoms with Crippen LogP contribution in [0.5, 0.6) is 0 Å². The van der Waals surface area contributed by atoms with Gasteiger partial charge in [-0.1, -0.05) is 48.2 Å². The number of carbonyl (C=O) groups is 1. The fourth-order valence-corrected chi connectivity index (χ4v) is 3.47. The topological polar surface area (TPSA) is 29.5 Å². The minimum atomic E-state index is 0.0245. The maximum atomic E-state index is 12.6. The number of ether oxygens (including phenoxy) is 1. The molecule has 4 heteroatoms. The average molecular weight is 307 g/mol. The molecule has 108 valence electrons. The first-order chi connectivity index (χ1) is 10.8. The van der Waals surface area contributed by atoms with Crippen molar-refractivity contribution in [3.05, 3.63) is 87.8 Å². The molecule has 0 unspecified atom stereocenters. The molecule has 4 rings (SSSR count). The van der Waals surface area contributed by atoms with Gasteiger partial charge >= 0.3 is 0 Å². The second kappa shape index (κ2) is 5.07. The molecule has 3 nitrogen and oxygen atoms in total. The number of fused-ring (bicyclic) bond motifs is 1. The quantitative estimate of drug-likeness (QED) is 0.729. The highest BCUT2D eigenvalue weighted by molar-refractivity contribution is 8.06. The van der Waals surface area contributed by atoms with Crippen LogP contribution >= 0.6 is 11.8 Å². The molecular formula is C18H13NO2S. The zero-order chi connectivity index (χ0) is 15.1. The van der Waals surface area contributed by atoms with Crippen LogP contribution in [0.25, 0.3) is 5.76 Å². The summed E-state index contributed by atoms with van der Waals surface area (Å²) in [5.41, 5.74) is 3.28. The van der Waals surface area contributed by atoms with Gasteiger partial charge in [0.1, 0.15) is 11.5 Å². The van der Waals surface area contributed by atoms with Gasteiger partial charge in [-0.05, 0) is 19.1 Å². The van der Waals surface area contributed by atoms with Crippen LogP contribution in [0.2, 0.25) is 0 Å². The molecule has 22 heavy (non-hydrogen) atoms. The van der Waals surface area contributed by atoms with Crippen LogP contribution in [0, 0.1) is 0 Å². The Morgan fingerprint density at radius 2 is 1.95 bits per heavy atom. The van der Waals surface area contributed by atoms with Crippen molar-refractivity contribution in [1.29, 1.82) is 0 Å². The summed E-state index contributed by atoms with van der Waals surface area (Å²) in [4.78, 5) is 14.5. The number of nitrogens with zero attached hydrogens (tertiary/aromatic N) is 1. The third kappa shape index (κ3) is 1.96. The molecule has 0 amide bonds. The number of Topliss-reactive ketones (excluding diaryl/α,β-unsaturated/α-hetero) is 1. The Morgan fingerprint density at radius 1 is 1.14 bits per heavy atom. The van der Waals surface area contributed by atoms with E-state index >= 15 is 0 Å². The molecular weight excluding hydrogens is 294 g/mol. The van der Waals surface area contributed by atoms with E-state index in [1.165, 1.54) is 11.8 Å². The number of ketones is 1. The van der Waals surface area contributed by atoms with Crippen molar-refractivity contribution < 1.29 is 9.53 Å². The van der Waals surface area contributed by atoms with E-state index in [4.69, 9.17) is 4.74 Å². The van der Waals surface area contributed by atoms with Crippen LogP contribution in [0.15, 0.2) is 82.2 Å². The number of rotatable bonds is 1. The number of benzene rings is 1. The van der Waals surface area contributed by atoms with Crippen LogP contribution in [0.4, 0.5) is 0 Å². The third-order valence-electron chi connectivity index (χ3n) is 3.77. The standard InChI is InChI=1S/C18H13NO2S/c1-12-14-9-5-6-10-19(14)16(17(12)20)18-21-15(11-22-18)13-7-3-2-4-8-13/h2-11H,1H3/b18-16+. The van der Waals surface area contributed by atoms with Gasteiger partial charge in [0.15, 0.2) is 5.09 Å². The first-order valence-corrected chi connectivity index (χ1v) is 7.88. The van der Waals surface area contributed by atoms with E-state index in [9.17, 15) is 4.79 Å². The van der Waals surface area contributed by atoms with E-state index in [2.05, 4.69) is 0 Å². The first-order valence-electron chi connectivity index (χ1n) is 7.00.